The number of rotatable bonds is 5. The Labute approximate surface area is 154 Å². The van der Waals surface area contributed by atoms with Gasteiger partial charge < -0.3 is 10.6 Å². The monoisotopic (exact) mass is 356 g/mol. The van der Waals surface area contributed by atoms with Crippen molar-refractivity contribution >= 4 is 5.91 Å². The Bertz CT molecular complexity index is 750. The second-order valence-electron chi connectivity index (χ2n) is 7.45. The van der Waals surface area contributed by atoms with E-state index in [1.807, 2.05) is 24.6 Å². The number of aromatic nitrogens is 4. The van der Waals surface area contributed by atoms with E-state index in [0.717, 1.165) is 31.4 Å². The predicted octanol–water partition coefficient (Wildman–Crippen LogP) is 2.13. The Balaban J connectivity index is 1.63. The van der Waals surface area contributed by atoms with Gasteiger partial charge in [-0.15, -0.1) is 5.10 Å². The summed E-state index contributed by atoms with van der Waals surface area (Å²) < 4.78 is 1.83. The van der Waals surface area contributed by atoms with Crippen LogP contribution in [0.1, 0.15) is 60.4 Å². The molecule has 1 saturated carbocycles. The molecule has 0 bridgehead atoms. The first kappa shape index (κ1) is 18.5. The first-order valence-electron chi connectivity index (χ1n) is 9.30. The van der Waals surface area contributed by atoms with E-state index in [4.69, 9.17) is 5.73 Å². The highest BCUT2D eigenvalue weighted by Crippen LogP contribution is 2.27. The molecule has 0 spiro atoms. The first-order chi connectivity index (χ1) is 12.4. The van der Waals surface area contributed by atoms with Crippen LogP contribution in [0.5, 0.6) is 0 Å². The van der Waals surface area contributed by atoms with Crippen LogP contribution < -0.4 is 5.73 Å². The largest absolute Gasteiger partial charge is 0.337 e. The van der Waals surface area contributed by atoms with Gasteiger partial charge in [0.1, 0.15) is 0 Å². The highest BCUT2D eigenvalue weighted by Gasteiger charge is 2.24. The summed E-state index contributed by atoms with van der Waals surface area (Å²) >= 11 is 0. The van der Waals surface area contributed by atoms with Crippen LogP contribution in [-0.2, 0) is 6.42 Å². The van der Waals surface area contributed by atoms with Gasteiger partial charge in [-0.1, -0.05) is 5.21 Å². The Morgan fingerprint density at radius 2 is 2.12 bits per heavy atom. The van der Waals surface area contributed by atoms with Crippen LogP contribution in [0, 0.1) is 6.92 Å². The zero-order valence-corrected chi connectivity index (χ0v) is 15.8. The molecule has 1 amide bonds. The maximum Gasteiger partial charge on any atom is 0.276 e. The molecule has 0 aliphatic heterocycles. The van der Waals surface area contributed by atoms with Crippen molar-refractivity contribution in [1.82, 2.24) is 24.9 Å². The van der Waals surface area contributed by atoms with Crippen molar-refractivity contribution < 1.29 is 4.79 Å². The van der Waals surface area contributed by atoms with Gasteiger partial charge in [-0.2, -0.15) is 0 Å². The molecule has 0 aromatic carbocycles. The van der Waals surface area contributed by atoms with Crippen LogP contribution in [0.3, 0.4) is 0 Å². The van der Waals surface area contributed by atoms with Crippen LogP contribution in [0.25, 0.3) is 0 Å². The molecule has 7 heteroatoms. The van der Waals surface area contributed by atoms with E-state index in [1.54, 1.807) is 24.3 Å². The summed E-state index contributed by atoms with van der Waals surface area (Å²) in [5, 5.41) is 8.30. The van der Waals surface area contributed by atoms with Crippen LogP contribution in [0.4, 0.5) is 0 Å². The van der Waals surface area contributed by atoms with Gasteiger partial charge in [-0.25, -0.2) is 4.68 Å². The summed E-state index contributed by atoms with van der Waals surface area (Å²) in [7, 11) is 1.81. The van der Waals surface area contributed by atoms with E-state index in [9.17, 15) is 4.79 Å². The van der Waals surface area contributed by atoms with E-state index in [1.165, 1.54) is 5.56 Å². The molecule has 3 rings (SSSR count). The topological polar surface area (TPSA) is 89.9 Å². The number of carbonyl (C=O) groups is 1. The van der Waals surface area contributed by atoms with E-state index in [2.05, 4.69) is 21.4 Å². The van der Waals surface area contributed by atoms with E-state index in [0.29, 0.717) is 18.2 Å². The van der Waals surface area contributed by atoms with Crippen LogP contribution in [0.2, 0.25) is 0 Å². The Kier molecular flexibility index (Phi) is 5.66. The number of nitrogens with zero attached hydrogens (tertiary/aromatic N) is 5. The number of hydrogen-bond acceptors (Lipinski definition) is 5. The van der Waals surface area contributed by atoms with E-state index >= 15 is 0 Å². The fourth-order valence-electron chi connectivity index (χ4n) is 3.45. The highest BCUT2D eigenvalue weighted by atomic mass is 16.2. The zero-order valence-electron chi connectivity index (χ0n) is 15.8. The lowest BCUT2D eigenvalue weighted by molar-refractivity contribution is 0.0737. The summed E-state index contributed by atoms with van der Waals surface area (Å²) in [4.78, 5) is 18.9. The lowest BCUT2D eigenvalue weighted by Crippen LogP contribution is -2.36. The van der Waals surface area contributed by atoms with Crippen LogP contribution in [0.15, 0.2) is 24.5 Å². The standard InChI is InChI=1S/C19H28N6O/c1-13-8-9-21-16(10-13)11-14(2)24(3)19(26)18-12-25(23-22-18)17-6-4-15(20)5-7-17/h8-10,12,14-15,17H,4-7,11,20H2,1-3H3/t14-,15?,17?/m1/s1. The number of nitrogens with two attached hydrogens (primary N) is 1. The third-order valence-electron chi connectivity index (χ3n) is 5.30. The molecule has 2 N–H and O–H groups in total. The molecule has 7 nitrogen and oxygen atoms in total. The molecule has 2 heterocycles. The minimum absolute atomic E-state index is 0.0228. The van der Waals surface area contributed by atoms with Gasteiger partial charge in [0.05, 0.1) is 12.2 Å². The third kappa shape index (κ3) is 4.27. The summed E-state index contributed by atoms with van der Waals surface area (Å²) in [6, 6.07) is 4.63. The van der Waals surface area contributed by atoms with Crippen molar-refractivity contribution in [3.63, 3.8) is 0 Å². The second kappa shape index (κ2) is 7.95. The van der Waals surface area contributed by atoms with Crippen molar-refractivity contribution in [3.05, 3.63) is 41.5 Å². The molecule has 1 aliphatic carbocycles. The maximum absolute atomic E-state index is 12.8. The van der Waals surface area contributed by atoms with Gasteiger partial charge in [-0.05, 0) is 57.2 Å². The Morgan fingerprint density at radius 1 is 1.38 bits per heavy atom. The first-order valence-corrected chi connectivity index (χ1v) is 9.30. The normalized spacial score (nSPS) is 21.4. The molecular weight excluding hydrogens is 328 g/mol. The number of hydrogen-bond donors (Lipinski definition) is 1. The number of carbonyl (C=O) groups excluding carboxylic acids is 1. The molecular formula is C19H28N6O. The number of likely N-dealkylation sites (N-methyl/N-ethyl adjacent to an activating group) is 1. The SMILES string of the molecule is Cc1ccnc(C[C@@H](C)N(C)C(=O)c2cn(C3CCC(N)CC3)nn2)c1. The minimum Gasteiger partial charge on any atom is -0.337 e. The molecule has 0 unspecified atom stereocenters. The fourth-order valence-corrected chi connectivity index (χ4v) is 3.45. The van der Waals surface area contributed by atoms with Gasteiger partial charge in [0.25, 0.3) is 5.91 Å². The molecule has 0 radical (unpaired) electrons. The number of aryl methyl sites for hydroxylation is 1. The van der Waals surface area contributed by atoms with Gasteiger partial charge in [0, 0.05) is 37.4 Å². The van der Waals surface area contributed by atoms with Crippen LogP contribution in [-0.4, -0.2) is 49.9 Å². The second-order valence-corrected chi connectivity index (χ2v) is 7.45. The van der Waals surface area contributed by atoms with Gasteiger partial charge >= 0.3 is 0 Å². The maximum atomic E-state index is 12.8. The zero-order chi connectivity index (χ0) is 18.7. The lowest BCUT2D eigenvalue weighted by Gasteiger charge is -2.25. The summed E-state index contributed by atoms with van der Waals surface area (Å²) in [5.74, 6) is -0.107. The Morgan fingerprint density at radius 3 is 2.81 bits per heavy atom. The highest BCUT2D eigenvalue weighted by molar-refractivity contribution is 5.91. The summed E-state index contributed by atoms with van der Waals surface area (Å²) in [6.45, 7) is 4.07. The van der Waals surface area contributed by atoms with Crippen molar-refractivity contribution in [2.45, 2.75) is 64.1 Å². The van der Waals surface area contributed by atoms with Crippen molar-refractivity contribution in [3.8, 4) is 0 Å². The lowest BCUT2D eigenvalue weighted by atomic mass is 9.92. The van der Waals surface area contributed by atoms with Crippen molar-refractivity contribution in [1.29, 1.82) is 0 Å². The van der Waals surface area contributed by atoms with Gasteiger partial charge in [0.2, 0.25) is 0 Å². The number of amides is 1. The van der Waals surface area contributed by atoms with Crippen molar-refractivity contribution in [2.75, 3.05) is 7.05 Å². The van der Waals surface area contributed by atoms with E-state index < -0.39 is 0 Å². The predicted molar refractivity (Wildman–Crippen MR) is 99.7 cm³/mol. The molecule has 26 heavy (non-hydrogen) atoms. The quantitative estimate of drug-likeness (QED) is 0.886. The van der Waals surface area contributed by atoms with Crippen molar-refractivity contribution in [2.24, 2.45) is 5.73 Å². The molecule has 2 aromatic heterocycles. The van der Waals surface area contributed by atoms with E-state index in [-0.39, 0.29) is 18.0 Å². The Hall–Kier alpha value is -2.28. The molecule has 140 valence electrons. The average Bonchev–Trinajstić information content (AvgIpc) is 3.11. The molecule has 1 aliphatic rings. The summed E-state index contributed by atoms with van der Waals surface area (Å²) in [6.07, 6.45) is 8.26. The van der Waals surface area contributed by atoms with Gasteiger partial charge in [-0.3, -0.25) is 9.78 Å². The number of pyridine rings is 1. The molecule has 1 atom stereocenters. The van der Waals surface area contributed by atoms with Crippen LogP contribution >= 0.6 is 0 Å². The third-order valence-corrected chi connectivity index (χ3v) is 5.30. The minimum atomic E-state index is -0.107. The molecule has 0 saturated heterocycles. The average molecular weight is 356 g/mol. The fraction of sp³-hybridized carbons (Fsp3) is 0.579. The summed E-state index contributed by atoms with van der Waals surface area (Å²) in [5.41, 5.74) is 8.52. The van der Waals surface area contributed by atoms with Gasteiger partial charge in [0.15, 0.2) is 5.69 Å². The molecule has 1 fully saturated rings. The molecule has 2 aromatic rings. The smallest absolute Gasteiger partial charge is 0.276 e.